The topological polar surface area (TPSA) is 79.6 Å². The first-order valence-corrected chi connectivity index (χ1v) is 6.26. The minimum atomic E-state index is -0.113. The Bertz CT molecular complexity index is 421. The molecule has 0 radical (unpaired) electrons. The highest BCUT2D eigenvalue weighted by Gasteiger charge is 2.05. The summed E-state index contributed by atoms with van der Waals surface area (Å²) < 4.78 is 5.41. The third-order valence-corrected chi connectivity index (χ3v) is 2.49. The van der Waals surface area contributed by atoms with Gasteiger partial charge < -0.3 is 26.0 Å². The number of para-hydroxylation sites is 1. The number of carbonyl (C=O) groups is 1. The third-order valence-electron chi connectivity index (χ3n) is 2.49. The number of amides is 2. The van der Waals surface area contributed by atoms with Gasteiger partial charge in [-0.25, -0.2) is 4.79 Å². The maximum atomic E-state index is 11.3. The molecule has 6 heteroatoms. The number of nitrogens with one attached hydrogen (secondary N) is 2. The molecule has 19 heavy (non-hydrogen) atoms. The summed E-state index contributed by atoms with van der Waals surface area (Å²) >= 11 is 0. The standard InChI is InChI=1S/C13H22N4O2/c1-4-19-11-7-5-6-10(12(11)14)15-8-9-16-13(18)17(2)3/h5-7,15H,4,8-9,14H2,1-3H3,(H,16,18). The van der Waals surface area contributed by atoms with Crippen LogP contribution >= 0.6 is 0 Å². The van der Waals surface area contributed by atoms with Crippen molar-refractivity contribution in [3.63, 3.8) is 0 Å². The van der Waals surface area contributed by atoms with Crippen LogP contribution in [-0.4, -0.2) is 44.7 Å². The van der Waals surface area contributed by atoms with Crippen LogP contribution in [0.2, 0.25) is 0 Å². The van der Waals surface area contributed by atoms with Gasteiger partial charge in [-0.3, -0.25) is 0 Å². The molecule has 2 amide bonds. The average molecular weight is 266 g/mol. The monoisotopic (exact) mass is 266 g/mol. The fourth-order valence-corrected chi connectivity index (χ4v) is 1.50. The molecule has 0 aromatic heterocycles. The van der Waals surface area contributed by atoms with E-state index in [2.05, 4.69) is 10.6 Å². The second kappa shape index (κ2) is 7.35. The molecule has 1 rings (SSSR count). The average Bonchev–Trinajstić information content (AvgIpc) is 2.38. The van der Waals surface area contributed by atoms with Gasteiger partial charge in [-0.05, 0) is 19.1 Å². The zero-order valence-corrected chi connectivity index (χ0v) is 11.7. The molecule has 106 valence electrons. The summed E-state index contributed by atoms with van der Waals surface area (Å²) in [6.45, 7) is 3.61. The van der Waals surface area contributed by atoms with Gasteiger partial charge in [0.1, 0.15) is 5.75 Å². The van der Waals surface area contributed by atoms with Gasteiger partial charge in [-0.1, -0.05) is 6.07 Å². The number of benzene rings is 1. The molecular formula is C13H22N4O2. The van der Waals surface area contributed by atoms with Gasteiger partial charge in [-0.15, -0.1) is 0 Å². The first-order valence-electron chi connectivity index (χ1n) is 6.26. The van der Waals surface area contributed by atoms with Crippen LogP contribution in [0.3, 0.4) is 0 Å². The lowest BCUT2D eigenvalue weighted by Crippen LogP contribution is -2.37. The Morgan fingerprint density at radius 1 is 1.37 bits per heavy atom. The first-order chi connectivity index (χ1) is 9.06. The Kier molecular flexibility index (Phi) is 5.78. The summed E-state index contributed by atoms with van der Waals surface area (Å²) in [4.78, 5) is 12.8. The van der Waals surface area contributed by atoms with Crippen LogP contribution in [0.25, 0.3) is 0 Å². The van der Waals surface area contributed by atoms with Crippen LogP contribution in [-0.2, 0) is 0 Å². The zero-order valence-electron chi connectivity index (χ0n) is 11.7. The summed E-state index contributed by atoms with van der Waals surface area (Å²) in [6.07, 6.45) is 0. The van der Waals surface area contributed by atoms with Crippen molar-refractivity contribution in [2.24, 2.45) is 0 Å². The molecule has 1 aromatic rings. The van der Waals surface area contributed by atoms with E-state index in [0.29, 0.717) is 31.1 Å². The van der Waals surface area contributed by atoms with Crippen LogP contribution in [0, 0.1) is 0 Å². The normalized spacial score (nSPS) is 9.84. The highest BCUT2D eigenvalue weighted by atomic mass is 16.5. The maximum Gasteiger partial charge on any atom is 0.316 e. The molecule has 0 bridgehead atoms. The minimum Gasteiger partial charge on any atom is -0.492 e. The molecule has 0 heterocycles. The van der Waals surface area contributed by atoms with Gasteiger partial charge in [0.2, 0.25) is 0 Å². The number of hydrogen-bond donors (Lipinski definition) is 3. The van der Waals surface area contributed by atoms with Gasteiger partial charge >= 0.3 is 6.03 Å². The number of ether oxygens (including phenoxy) is 1. The van der Waals surface area contributed by atoms with E-state index in [0.717, 1.165) is 5.69 Å². The summed E-state index contributed by atoms with van der Waals surface area (Å²) in [5, 5.41) is 5.93. The number of carbonyl (C=O) groups excluding carboxylic acids is 1. The SMILES string of the molecule is CCOc1cccc(NCCNC(=O)N(C)C)c1N. The van der Waals surface area contributed by atoms with Crippen LogP contribution in [0.15, 0.2) is 18.2 Å². The van der Waals surface area contributed by atoms with E-state index in [1.807, 2.05) is 25.1 Å². The maximum absolute atomic E-state index is 11.3. The molecule has 0 unspecified atom stereocenters. The number of hydrogen-bond acceptors (Lipinski definition) is 4. The van der Waals surface area contributed by atoms with Gasteiger partial charge in [0, 0.05) is 27.2 Å². The molecule has 0 aliphatic carbocycles. The molecule has 0 saturated heterocycles. The van der Waals surface area contributed by atoms with Crippen molar-refractivity contribution >= 4 is 17.4 Å². The van der Waals surface area contributed by atoms with Crippen molar-refractivity contribution in [1.82, 2.24) is 10.2 Å². The van der Waals surface area contributed by atoms with Crippen LogP contribution in [0.4, 0.5) is 16.2 Å². The number of nitrogens with two attached hydrogens (primary N) is 1. The van der Waals surface area contributed by atoms with Gasteiger partial charge in [0.15, 0.2) is 0 Å². The second-order valence-electron chi connectivity index (χ2n) is 4.20. The van der Waals surface area contributed by atoms with E-state index in [1.165, 1.54) is 4.90 Å². The smallest absolute Gasteiger partial charge is 0.316 e. The molecule has 0 fully saturated rings. The summed E-state index contributed by atoms with van der Waals surface area (Å²) in [7, 11) is 3.40. The lowest BCUT2D eigenvalue weighted by Gasteiger charge is -2.15. The van der Waals surface area contributed by atoms with E-state index in [-0.39, 0.29) is 6.03 Å². The molecule has 6 nitrogen and oxygen atoms in total. The Balaban J connectivity index is 2.45. The molecular weight excluding hydrogens is 244 g/mol. The Morgan fingerprint density at radius 2 is 2.11 bits per heavy atom. The van der Waals surface area contributed by atoms with Crippen molar-refractivity contribution in [2.75, 3.05) is 44.8 Å². The quantitative estimate of drug-likeness (QED) is 0.536. The van der Waals surface area contributed by atoms with Gasteiger partial charge in [0.25, 0.3) is 0 Å². The van der Waals surface area contributed by atoms with Crippen molar-refractivity contribution in [3.05, 3.63) is 18.2 Å². The van der Waals surface area contributed by atoms with Crippen molar-refractivity contribution in [3.8, 4) is 5.75 Å². The van der Waals surface area contributed by atoms with Gasteiger partial charge in [0.05, 0.1) is 18.0 Å². The molecule has 0 spiro atoms. The van der Waals surface area contributed by atoms with Crippen LogP contribution in [0.1, 0.15) is 6.92 Å². The molecule has 0 aliphatic heterocycles. The number of urea groups is 1. The lowest BCUT2D eigenvalue weighted by atomic mass is 10.2. The highest BCUT2D eigenvalue weighted by molar-refractivity contribution is 5.74. The van der Waals surface area contributed by atoms with Crippen LogP contribution in [0.5, 0.6) is 5.75 Å². The number of rotatable bonds is 6. The van der Waals surface area contributed by atoms with Crippen LogP contribution < -0.4 is 21.1 Å². The number of anilines is 2. The van der Waals surface area contributed by atoms with Crippen molar-refractivity contribution in [2.45, 2.75) is 6.92 Å². The molecule has 0 aliphatic rings. The predicted molar refractivity (Wildman–Crippen MR) is 77.6 cm³/mol. The molecule has 1 aromatic carbocycles. The Morgan fingerprint density at radius 3 is 2.74 bits per heavy atom. The number of nitrogen functional groups attached to an aromatic ring is 1. The van der Waals surface area contributed by atoms with Crippen molar-refractivity contribution < 1.29 is 9.53 Å². The van der Waals surface area contributed by atoms with E-state index in [1.54, 1.807) is 14.1 Å². The summed E-state index contributed by atoms with van der Waals surface area (Å²) in [5.41, 5.74) is 7.37. The van der Waals surface area contributed by atoms with E-state index in [4.69, 9.17) is 10.5 Å². The van der Waals surface area contributed by atoms with Gasteiger partial charge in [-0.2, -0.15) is 0 Å². The Hall–Kier alpha value is -2.11. The first kappa shape index (κ1) is 14.9. The fraction of sp³-hybridized carbons (Fsp3) is 0.462. The molecule has 0 atom stereocenters. The minimum absolute atomic E-state index is 0.113. The number of nitrogens with zero attached hydrogens (tertiary/aromatic N) is 1. The fourth-order valence-electron chi connectivity index (χ4n) is 1.50. The third kappa shape index (κ3) is 4.57. The largest absolute Gasteiger partial charge is 0.492 e. The molecule has 0 saturated carbocycles. The summed E-state index contributed by atoms with van der Waals surface area (Å²) in [6, 6.07) is 5.48. The van der Waals surface area contributed by atoms with E-state index >= 15 is 0 Å². The van der Waals surface area contributed by atoms with E-state index < -0.39 is 0 Å². The Labute approximate surface area is 113 Å². The zero-order chi connectivity index (χ0) is 14.3. The highest BCUT2D eigenvalue weighted by Crippen LogP contribution is 2.28. The van der Waals surface area contributed by atoms with Crippen molar-refractivity contribution in [1.29, 1.82) is 0 Å². The summed E-state index contributed by atoms with van der Waals surface area (Å²) in [5.74, 6) is 0.671. The van der Waals surface area contributed by atoms with E-state index in [9.17, 15) is 4.79 Å². The second-order valence-corrected chi connectivity index (χ2v) is 4.20. The molecule has 4 N–H and O–H groups in total. The lowest BCUT2D eigenvalue weighted by molar-refractivity contribution is 0.218. The predicted octanol–water partition coefficient (Wildman–Crippen LogP) is 1.35.